The highest BCUT2D eigenvalue weighted by Gasteiger charge is 2.29. The lowest BCUT2D eigenvalue weighted by Crippen LogP contribution is -2.47. The number of ether oxygens (including phenoxy) is 1. The molecule has 34 heavy (non-hydrogen) atoms. The zero-order valence-corrected chi connectivity index (χ0v) is 20.1. The van der Waals surface area contributed by atoms with Gasteiger partial charge in [0.2, 0.25) is 5.91 Å². The molecule has 0 N–H and O–H groups in total. The highest BCUT2D eigenvalue weighted by atomic mass is 32.1. The summed E-state index contributed by atoms with van der Waals surface area (Å²) in [6, 6.07) is 11.5. The predicted octanol–water partition coefficient (Wildman–Crippen LogP) is 3.86. The largest absolute Gasteiger partial charge is 0.375 e. The molecule has 0 radical (unpaired) electrons. The van der Waals surface area contributed by atoms with Gasteiger partial charge in [-0.1, -0.05) is 12.1 Å². The number of methoxy groups -OCH3 is 1. The Bertz CT molecular complexity index is 1220. The molecule has 1 aromatic heterocycles. The van der Waals surface area contributed by atoms with Crippen molar-refractivity contribution in [2.45, 2.75) is 19.3 Å². The van der Waals surface area contributed by atoms with Crippen LogP contribution in [0.25, 0.3) is 10.1 Å². The van der Waals surface area contributed by atoms with Gasteiger partial charge >= 0.3 is 0 Å². The Labute approximate surface area is 202 Å². The second-order valence-electron chi connectivity index (χ2n) is 8.85. The number of anilines is 2. The van der Waals surface area contributed by atoms with Crippen LogP contribution in [-0.4, -0.2) is 63.2 Å². The normalized spacial score (nSPS) is 16.8. The van der Waals surface area contributed by atoms with E-state index in [9.17, 15) is 14.0 Å². The maximum absolute atomic E-state index is 14.1. The molecule has 178 valence electrons. The van der Waals surface area contributed by atoms with Crippen LogP contribution < -0.4 is 9.80 Å². The lowest BCUT2D eigenvalue weighted by atomic mass is 9.98. The number of rotatable bonds is 6. The number of hydrogen-bond acceptors (Lipinski definition) is 6. The molecule has 5 rings (SSSR count). The Morgan fingerprint density at radius 1 is 1.06 bits per heavy atom. The number of amides is 2. The van der Waals surface area contributed by atoms with E-state index in [-0.39, 0.29) is 24.2 Å². The summed E-state index contributed by atoms with van der Waals surface area (Å²) in [5.74, 6) is -0.671. The Morgan fingerprint density at radius 2 is 1.88 bits per heavy atom. The fourth-order valence-electron chi connectivity index (χ4n) is 4.91. The van der Waals surface area contributed by atoms with Crippen molar-refractivity contribution in [1.82, 2.24) is 4.90 Å². The Hall–Kier alpha value is -2.81. The van der Waals surface area contributed by atoms with E-state index in [0.29, 0.717) is 18.5 Å². The summed E-state index contributed by atoms with van der Waals surface area (Å²) in [6.45, 7) is 4.30. The molecular formula is C26H28FN3O3S. The van der Waals surface area contributed by atoms with Crippen LogP contribution in [0.2, 0.25) is 0 Å². The molecule has 2 amide bonds. The van der Waals surface area contributed by atoms with E-state index in [0.717, 1.165) is 66.0 Å². The number of hydrogen-bond donors (Lipinski definition) is 0. The highest BCUT2D eigenvalue weighted by Crippen LogP contribution is 2.33. The van der Waals surface area contributed by atoms with E-state index in [1.165, 1.54) is 12.0 Å². The SMILES string of the molecule is COCC(=O)N1C(=O)CCc2ccc(CCN3CCN(c4cc(F)cc5sccc45)CC3)cc21. The number of benzene rings is 2. The van der Waals surface area contributed by atoms with Crippen molar-refractivity contribution < 1.29 is 18.7 Å². The van der Waals surface area contributed by atoms with Crippen molar-refractivity contribution in [2.75, 3.05) is 56.2 Å². The number of thiophene rings is 1. The molecule has 0 aliphatic carbocycles. The van der Waals surface area contributed by atoms with E-state index in [4.69, 9.17) is 4.74 Å². The zero-order valence-electron chi connectivity index (χ0n) is 19.3. The second kappa shape index (κ2) is 9.82. The lowest BCUT2D eigenvalue weighted by Gasteiger charge is -2.36. The molecule has 2 aromatic carbocycles. The summed E-state index contributed by atoms with van der Waals surface area (Å²) >= 11 is 1.57. The molecule has 0 saturated carbocycles. The lowest BCUT2D eigenvalue weighted by molar-refractivity contribution is -0.128. The number of nitrogens with zero attached hydrogens (tertiary/aromatic N) is 3. The quantitative estimate of drug-likeness (QED) is 0.535. The van der Waals surface area contributed by atoms with Crippen LogP contribution in [0.3, 0.4) is 0 Å². The van der Waals surface area contributed by atoms with Gasteiger partial charge in [0.05, 0.1) is 5.69 Å². The first-order valence-electron chi connectivity index (χ1n) is 11.6. The summed E-state index contributed by atoms with van der Waals surface area (Å²) in [7, 11) is 1.46. The molecule has 0 bridgehead atoms. The minimum atomic E-state index is -0.321. The number of carbonyl (C=O) groups excluding carboxylic acids is 2. The molecule has 3 aromatic rings. The van der Waals surface area contributed by atoms with Crippen LogP contribution in [0.15, 0.2) is 41.8 Å². The fraction of sp³-hybridized carbons (Fsp3) is 0.385. The minimum Gasteiger partial charge on any atom is -0.375 e. The molecule has 0 spiro atoms. The molecule has 0 atom stereocenters. The van der Waals surface area contributed by atoms with Gasteiger partial charge in [-0.3, -0.25) is 14.5 Å². The summed E-state index contributed by atoms with van der Waals surface area (Å²) in [4.78, 5) is 30.9. The molecule has 2 aliphatic rings. The molecule has 1 saturated heterocycles. The molecule has 1 fully saturated rings. The summed E-state index contributed by atoms with van der Waals surface area (Å²) in [5, 5.41) is 3.14. The number of fused-ring (bicyclic) bond motifs is 2. The monoisotopic (exact) mass is 481 g/mol. The van der Waals surface area contributed by atoms with E-state index in [1.807, 2.05) is 17.5 Å². The second-order valence-corrected chi connectivity index (χ2v) is 9.80. The molecule has 6 nitrogen and oxygen atoms in total. The summed E-state index contributed by atoms with van der Waals surface area (Å²) < 4.78 is 20.1. The van der Waals surface area contributed by atoms with Crippen LogP contribution in [0.1, 0.15) is 17.5 Å². The van der Waals surface area contributed by atoms with Gasteiger partial charge in [-0.2, -0.15) is 0 Å². The first-order valence-corrected chi connectivity index (χ1v) is 12.5. The van der Waals surface area contributed by atoms with Gasteiger partial charge in [0.1, 0.15) is 12.4 Å². The predicted molar refractivity (Wildman–Crippen MR) is 133 cm³/mol. The third-order valence-corrected chi connectivity index (χ3v) is 7.57. The van der Waals surface area contributed by atoms with Crippen molar-refractivity contribution in [1.29, 1.82) is 0 Å². The van der Waals surface area contributed by atoms with Crippen molar-refractivity contribution >= 4 is 44.6 Å². The van der Waals surface area contributed by atoms with Crippen molar-refractivity contribution in [3.05, 3.63) is 58.7 Å². The first-order chi connectivity index (χ1) is 16.5. The van der Waals surface area contributed by atoms with Gasteiger partial charge in [-0.05, 0) is 53.6 Å². The minimum absolute atomic E-state index is 0.108. The Kier molecular flexibility index (Phi) is 6.63. The number of imide groups is 1. The maximum Gasteiger partial charge on any atom is 0.259 e. The van der Waals surface area contributed by atoms with Gasteiger partial charge in [0, 0.05) is 62.0 Å². The molecule has 3 heterocycles. The standard InChI is InChI=1S/C26H28FN3O3S/c1-33-17-26(32)30-22-14-18(2-3-19(22)4-5-25(30)31)6-8-28-9-11-29(12-10-28)23-15-20(27)16-24-21(23)7-13-34-24/h2-3,7,13-16H,4-6,8-12,17H2,1H3. The molecule has 8 heteroatoms. The fourth-order valence-corrected chi connectivity index (χ4v) is 5.75. The smallest absolute Gasteiger partial charge is 0.259 e. The molecular weight excluding hydrogens is 453 g/mol. The highest BCUT2D eigenvalue weighted by molar-refractivity contribution is 7.17. The Balaban J connectivity index is 1.22. The van der Waals surface area contributed by atoms with Gasteiger partial charge < -0.3 is 9.64 Å². The van der Waals surface area contributed by atoms with Crippen LogP contribution in [-0.2, 0) is 27.2 Å². The number of aryl methyl sites for hydroxylation is 1. The number of piperazine rings is 1. The van der Waals surface area contributed by atoms with Gasteiger partial charge in [0.15, 0.2) is 0 Å². The van der Waals surface area contributed by atoms with Crippen molar-refractivity contribution in [2.24, 2.45) is 0 Å². The average molecular weight is 482 g/mol. The third kappa shape index (κ3) is 4.58. The summed E-state index contributed by atoms with van der Waals surface area (Å²) in [6.07, 6.45) is 1.84. The van der Waals surface area contributed by atoms with Gasteiger partial charge in [-0.25, -0.2) is 9.29 Å². The topological polar surface area (TPSA) is 53.1 Å². The average Bonchev–Trinajstić information content (AvgIpc) is 3.31. The van der Waals surface area contributed by atoms with Crippen LogP contribution in [0, 0.1) is 5.82 Å². The Morgan fingerprint density at radius 3 is 2.68 bits per heavy atom. The van der Waals surface area contributed by atoms with E-state index in [1.54, 1.807) is 23.5 Å². The third-order valence-electron chi connectivity index (χ3n) is 6.71. The van der Waals surface area contributed by atoms with E-state index < -0.39 is 0 Å². The van der Waals surface area contributed by atoms with Gasteiger partial charge in [0.25, 0.3) is 5.91 Å². The van der Waals surface area contributed by atoms with E-state index in [2.05, 4.69) is 21.9 Å². The zero-order chi connectivity index (χ0) is 23.7. The molecule has 2 aliphatic heterocycles. The van der Waals surface area contributed by atoms with Crippen LogP contribution >= 0.6 is 11.3 Å². The maximum atomic E-state index is 14.1. The summed E-state index contributed by atoms with van der Waals surface area (Å²) in [5.41, 5.74) is 3.81. The van der Waals surface area contributed by atoms with Crippen molar-refractivity contribution in [3.63, 3.8) is 0 Å². The first kappa shape index (κ1) is 23.0. The van der Waals surface area contributed by atoms with Crippen molar-refractivity contribution in [3.8, 4) is 0 Å². The van der Waals surface area contributed by atoms with E-state index >= 15 is 0 Å². The van der Waals surface area contributed by atoms with Crippen LogP contribution in [0.4, 0.5) is 15.8 Å². The molecule has 0 unspecified atom stereocenters. The van der Waals surface area contributed by atoms with Crippen LogP contribution in [0.5, 0.6) is 0 Å². The number of halogens is 1. The number of carbonyl (C=O) groups is 2. The van der Waals surface area contributed by atoms with Gasteiger partial charge in [-0.15, -0.1) is 11.3 Å².